The van der Waals surface area contributed by atoms with E-state index in [0.717, 1.165) is 30.0 Å². The molecule has 0 saturated heterocycles. The molecule has 1 aromatic heterocycles. The smallest absolute Gasteiger partial charge is 0.238 e. The van der Waals surface area contributed by atoms with E-state index in [1.165, 1.54) is 21.6 Å². The Bertz CT molecular complexity index is 1120. The quantitative estimate of drug-likeness (QED) is 0.481. The third kappa shape index (κ3) is 4.77. The highest BCUT2D eigenvalue weighted by Crippen LogP contribution is 2.42. The van der Waals surface area contributed by atoms with E-state index in [9.17, 15) is 4.79 Å². The lowest BCUT2D eigenvalue weighted by atomic mass is 9.90. The number of nitrogens with one attached hydrogen (secondary N) is 1. The van der Waals surface area contributed by atoms with Gasteiger partial charge in [-0.05, 0) is 65.1 Å². The van der Waals surface area contributed by atoms with E-state index >= 15 is 0 Å². The zero-order valence-corrected chi connectivity index (χ0v) is 20.8. The van der Waals surface area contributed by atoms with Gasteiger partial charge in [0.25, 0.3) is 0 Å². The van der Waals surface area contributed by atoms with Crippen molar-refractivity contribution in [2.45, 2.75) is 39.2 Å². The Morgan fingerprint density at radius 3 is 2.58 bits per heavy atom. The van der Waals surface area contributed by atoms with Crippen molar-refractivity contribution in [2.75, 3.05) is 32.6 Å². The Balaban J connectivity index is 1.64. The molecular weight excluding hydrogens is 432 g/mol. The second-order valence-corrected chi connectivity index (χ2v) is 9.77. The molecule has 3 aromatic rings. The molecule has 0 radical (unpaired) electrons. The van der Waals surface area contributed by atoms with Gasteiger partial charge in [0.15, 0.2) is 11.5 Å². The SMILES string of the molecule is COc1cc2c(cc1OC)[C@H](c1cccs1)N(CC(=O)Nc1c(C)cccc1C(C)C)CC2. The number of ether oxygens (including phenoxy) is 2. The average Bonchev–Trinajstić information content (AvgIpc) is 3.33. The van der Waals surface area contributed by atoms with E-state index in [-0.39, 0.29) is 11.9 Å². The zero-order chi connectivity index (χ0) is 23.5. The predicted octanol–water partition coefficient (Wildman–Crippen LogP) is 5.78. The number of hydrogen-bond acceptors (Lipinski definition) is 5. The summed E-state index contributed by atoms with van der Waals surface area (Å²) in [6, 6.07) is 14.6. The molecule has 174 valence electrons. The van der Waals surface area contributed by atoms with Gasteiger partial charge in [0, 0.05) is 17.1 Å². The summed E-state index contributed by atoms with van der Waals surface area (Å²) >= 11 is 1.71. The minimum Gasteiger partial charge on any atom is -0.493 e. The van der Waals surface area contributed by atoms with Crippen LogP contribution in [0.5, 0.6) is 11.5 Å². The molecule has 0 saturated carbocycles. The number of methoxy groups -OCH3 is 2. The number of benzene rings is 2. The molecule has 0 unspecified atom stereocenters. The number of anilines is 1. The molecule has 2 heterocycles. The molecule has 0 fully saturated rings. The first-order valence-electron chi connectivity index (χ1n) is 11.3. The van der Waals surface area contributed by atoms with Crippen LogP contribution < -0.4 is 14.8 Å². The van der Waals surface area contributed by atoms with Gasteiger partial charge in [-0.2, -0.15) is 0 Å². The van der Waals surface area contributed by atoms with Gasteiger partial charge in [0.1, 0.15) is 0 Å². The topological polar surface area (TPSA) is 50.8 Å². The van der Waals surface area contributed by atoms with Gasteiger partial charge in [0.2, 0.25) is 5.91 Å². The number of para-hydroxylation sites is 1. The molecule has 1 amide bonds. The maximum atomic E-state index is 13.3. The summed E-state index contributed by atoms with van der Waals surface area (Å²) in [5.41, 5.74) is 5.61. The van der Waals surface area contributed by atoms with E-state index in [1.54, 1.807) is 25.6 Å². The summed E-state index contributed by atoms with van der Waals surface area (Å²) < 4.78 is 11.1. The number of aryl methyl sites for hydroxylation is 1. The van der Waals surface area contributed by atoms with Crippen LogP contribution in [0, 0.1) is 6.92 Å². The molecule has 1 aliphatic heterocycles. The number of nitrogens with zero attached hydrogens (tertiary/aromatic N) is 1. The fourth-order valence-corrected chi connectivity index (χ4v) is 5.53. The molecule has 4 rings (SSSR count). The molecule has 1 N–H and O–H groups in total. The van der Waals surface area contributed by atoms with Crippen LogP contribution in [0.25, 0.3) is 0 Å². The van der Waals surface area contributed by atoms with Crippen LogP contribution in [0.15, 0.2) is 47.8 Å². The molecule has 0 aliphatic carbocycles. The predicted molar refractivity (Wildman–Crippen MR) is 135 cm³/mol. The second-order valence-electron chi connectivity index (χ2n) is 8.79. The molecule has 1 atom stereocenters. The average molecular weight is 465 g/mol. The molecule has 0 spiro atoms. The van der Waals surface area contributed by atoms with Gasteiger partial charge in [0.05, 0.1) is 26.8 Å². The number of fused-ring (bicyclic) bond motifs is 1. The Morgan fingerprint density at radius 1 is 1.15 bits per heavy atom. The van der Waals surface area contributed by atoms with Crippen molar-refractivity contribution in [1.82, 2.24) is 4.90 Å². The lowest BCUT2D eigenvalue weighted by molar-refractivity contribution is -0.117. The third-order valence-electron chi connectivity index (χ3n) is 6.32. The molecule has 2 aromatic carbocycles. The van der Waals surface area contributed by atoms with Gasteiger partial charge in [-0.15, -0.1) is 11.3 Å². The second kappa shape index (κ2) is 9.98. The van der Waals surface area contributed by atoms with Gasteiger partial charge in [-0.25, -0.2) is 0 Å². The standard InChI is InChI=1S/C27H32N2O3S/c1-17(2)20-9-6-8-18(3)26(20)28-25(30)16-29-12-11-19-14-22(31-4)23(32-5)15-21(19)27(29)24-10-7-13-33-24/h6-10,13-15,17,27H,11-12,16H2,1-5H3,(H,28,30)/t27-/m1/s1. The molecule has 1 aliphatic rings. The maximum Gasteiger partial charge on any atom is 0.238 e. The maximum absolute atomic E-state index is 13.3. The Kier molecular flexibility index (Phi) is 7.05. The Labute approximate surface area is 200 Å². The highest BCUT2D eigenvalue weighted by Gasteiger charge is 2.32. The summed E-state index contributed by atoms with van der Waals surface area (Å²) in [5.74, 6) is 1.80. The first kappa shape index (κ1) is 23.3. The van der Waals surface area contributed by atoms with Crippen LogP contribution in [-0.4, -0.2) is 38.1 Å². The van der Waals surface area contributed by atoms with Crippen molar-refractivity contribution in [1.29, 1.82) is 0 Å². The monoisotopic (exact) mass is 464 g/mol. The number of rotatable bonds is 7. The van der Waals surface area contributed by atoms with Gasteiger partial charge < -0.3 is 14.8 Å². The molecular formula is C27H32N2O3S. The fourth-order valence-electron chi connectivity index (χ4n) is 4.65. The number of amides is 1. The number of hydrogen-bond donors (Lipinski definition) is 1. The third-order valence-corrected chi connectivity index (χ3v) is 7.25. The van der Waals surface area contributed by atoms with Gasteiger partial charge in [-0.1, -0.05) is 38.1 Å². The first-order valence-corrected chi connectivity index (χ1v) is 12.2. The van der Waals surface area contributed by atoms with E-state index in [2.05, 4.69) is 65.8 Å². The Hall–Kier alpha value is -2.83. The highest BCUT2D eigenvalue weighted by atomic mass is 32.1. The normalized spacial score (nSPS) is 15.9. The summed E-state index contributed by atoms with van der Waals surface area (Å²) in [4.78, 5) is 16.7. The lowest BCUT2D eigenvalue weighted by Crippen LogP contribution is -2.41. The summed E-state index contributed by atoms with van der Waals surface area (Å²) in [6.45, 7) is 7.47. The minimum absolute atomic E-state index is 0.000690. The number of thiophene rings is 1. The van der Waals surface area contributed by atoms with E-state index in [1.807, 2.05) is 13.0 Å². The zero-order valence-electron chi connectivity index (χ0n) is 20.0. The van der Waals surface area contributed by atoms with Gasteiger partial charge in [-0.3, -0.25) is 9.69 Å². The number of carbonyl (C=O) groups excluding carboxylic acids is 1. The van der Waals surface area contributed by atoms with Crippen LogP contribution in [0.1, 0.15) is 52.9 Å². The van der Waals surface area contributed by atoms with E-state index in [4.69, 9.17) is 9.47 Å². The first-order chi connectivity index (χ1) is 15.9. The lowest BCUT2D eigenvalue weighted by Gasteiger charge is -2.37. The summed E-state index contributed by atoms with van der Waals surface area (Å²) in [7, 11) is 3.32. The highest BCUT2D eigenvalue weighted by molar-refractivity contribution is 7.10. The van der Waals surface area contributed by atoms with Crippen molar-refractivity contribution in [2.24, 2.45) is 0 Å². The molecule has 0 bridgehead atoms. The molecule has 5 nitrogen and oxygen atoms in total. The van der Waals surface area contributed by atoms with Crippen molar-refractivity contribution < 1.29 is 14.3 Å². The minimum atomic E-state index is 0.000690. The number of carbonyl (C=O) groups is 1. The fraction of sp³-hybridized carbons (Fsp3) is 0.370. The molecule has 33 heavy (non-hydrogen) atoms. The van der Waals surface area contributed by atoms with E-state index in [0.29, 0.717) is 18.2 Å². The van der Waals surface area contributed by atoms with Crippen LogP contribution in [0.4, 0.5) is 5.69 Å². The van der Waals surface area contributed by atoms with Crippen LogP contribution in [-0.2, 0) is 11.2 Å². The van der Waals surface area contributed by atoms with E-state index < -0.39 is 0 Å². The van der Waals surface area contributed by atoms with Crippen LogP contribution >= 0.6 is 11.3 Å². The van der Waals surface area contributed by atoms with Crippen molar-refractivity contribution in [3.63, 3.8) is 0 Å². The van der Waals surface area contributed by atoms with Gasteiger partial charge >= 0.3 is 0 Å². The van der Waals surface area contributed by atoms with Crippen LogP contribution in [0.3, 0.4) is 0 Å². The summed E-state index contributed by atoms with van der Waals surface area (Å²) in [5, 5.41) is 5.30. The molecule has 6 heteroatoms. The Morgan fingerprint density at radius 2 is 1.91 bits per heavy atom. The van der Waals surface area contributed by atoms with Crippen molar-refractivity contribution in [3.05, 3.63) is 75.0 Å². The largest absolute Gasteiger partial charge is 0.493 e. The van der Waals surface area contributed by atoms with Crippen LogP contribution in [0.2, 0.25) is 0 Å². The summed E-state index contributed by atoms with van der Waals surface area (Å²) in [6.07, 6.45) is 0.854. The van der Waals surface area contributed by atoms with Crippen molar-refractivity contribution >= 4 is 22.9 Å². The van der Waals surface area contributed by atoms with Crippen molar-refractivity contribution in [3.8, 4) is 11.5 Å².